The summed E-state index contributed by atoms with van der Waals surface area (Å²) in [6.45, 7) is 4.71. The highest BCUT2D eigenvalue weighted by atomic mass is 35.5. The molecule has 23 heavy (non-hydrogen) atoms. The minimum absolute atomic E-state index is 0.0959. The molecule has 3 nitrogen and oxygen atoms in total. The average Bonchev–Trinajstić information content (AvgIpc) is 3.04. The maximum atomic E-state index is 13.2. The van der Waals surface area contributed by atoms with Crippen molar-refractivity contribution in [3.63, 3.8) is 0 Å². The van der Waals surface area contributed by atoms with Gasteiger partial charge >= 0.3 is 0 Å². The molecule has 1 aromatic carbocycles. The minimum atomic E-state index is -0.426. The van der Waals surface area contributed by atoms with E-state index in [4.69, 9.17) is 23.8 Å². The van der Waals surface area contributed by atoms with Crippen LogP contribution in [0.2, 0.25) is 5.02 Å². The third-order valence-electron chi connectivity index (χ3n) is 3.79. The van der Waals surface area contributed by atoms with Crippen molar-refractivity contribution >= 4 is 46.0 Å². The Morgan fingerprint density at radius 3 is 2.70 bits per heavy atom. The smallest absolute Gasteiger partial charge is 0.173 e. The van der Waals surface area contributed by atoms with Gasteiger partial charge in [0.15, 0.2) is 5.11 Å². The number of nitrogens with one attached hydrogen (secondary N) is 1. The SMILES string of the molecule is Fc1ccc(NC(=S)N2CCN(Cc3cccs3)CC2)cc1Cl. The van der Waals surface area contributed by atoms with Crippen molar-refractivity contribution in [2.75, 3.05) is 31.5 Å². The number of nitrogens with zero attached hydrogens (tertiary/aromatic N) is 2. The van der Waals surface area contributed by atoms with Crippen molar-refractivity contribution in [2.24, 2.45) is 0 Å². The Hall–Kier alpha value is -1.21. The second kappa shape index (κ2) is 7.57. The topological polar surface area (TPSA) is 18.5 Å². The zero-order valence-corrected chi connectivity index (χ0v) is 14.9. The Balaban J connectivity index is 1.50. The molecule has 0 bridgehead atoms. The lowest BCUT2D eigenvalue weighted by Gasteiger charge is -2.36. The van der Waals surface area contributed by atoms with Crippen LogP contribution in [0.1, 0.15) is 4.88 Å². The van der Waals surface area contributed by atoms with Gasteiger partial charge in [0.05, 0.1) is 5.02 Å². The number of anilines is 1. The largest absolute Gasteiger partial charge is 0.346 e. The highest BCUT2D eigenvalue weighted by Gasteiger charge is 2.19. The molecule has 1 aliphatic heterocycles. The lowest BCUT2D eigenvalue weighted by atomic mass is 10.3. The van der Waals surface area contributed by atoms with Crippen molar-refractivity contribution in [2.45, 2.75) is 6.54 Å². The lowest BCUT2D eigenvalue weighted by Crippen LogP contribution is -2.49. The van der Waals surface area contributed by atoms with Gasteiger partial charge in [-0.2, -0.15) is 0 Å². The van der Waals surface area contributed by atoms with Crippen LogP contribution in [0.4, 0.5) is 10.1 Å². The molecule has 1 aliphatic rings. The third-order valence-corrected chi connectivity index (χ3v) is 5.30. The Kier molecular flexibility index (Phi) is 5.48. The van der Waals surface area contributed by atoms with E-state index >= 15 is 0 Å². The van der Waals surface area contributed by atoms with Crippen LogP contribution in [0, 0.1) is 5.82 Å². The van der Waals surface area contributed by atoms with Crippen molar-refractivity contribution in [3.8, 4) is 0 Å². The van der Waals surface area contributed by atoms with Crippen LogP contribution in [-0.4, -0.2) is 41.1 Å². The van der Waals surface area contributed by atoms with Gasteiger partial charge < -0.3 is 10.2 Å². The molecule has 1 saturated heterocycles. The molecule has 1 fully saturated rings. The van der Waals surface area contributed by atoms with E-state index in [-0.39, 0.29) is 5.02 Å². The highest BCUT2D eigenvalue weighted by molar-refractivity contribution is 7.80. The number of thiocarbonyl (C=S) groups is 1. The number of rotatable bonds is 3. The average molecular weight is 370 g/mol. The van der Waals surface area contributed by atoms with E-state index in [1.54, 1.807) is 23.5 Å². The van der Waals surface area contributed by atoms with Gasteiger partial charge in [-0.3, -0.25) is 4.90 Å². The van der Waals surface area contributed by atoms with Crippen molar-refractivity contribution in [3.05, 3.63) is 51.4 Å². The van der Waals surface area contributed by atoms with Gasteiger partial charge in [-0.05, 0) is 41.9 Å². The molecular formula is C16H17ClFN3S2. The molecule has 0 unspecified atom stereocenters. The molecule has 0 atom stereocenters. The van der Waals surface area contributed by atoms with E-state index in [1.165, 1.54) is 10.9 Å². The number of piperazine rings is 1. The molecule has 0 radical (unpaired) electrons. The first-order valence-corrected chi connectivity index (χ1v) is 9.04. The molecular weight excluding hydrogens is 353 g/mol. The van der Waals surface area contributed by atoms with E-state index in [0.717, 1.165) is 32.7 Å². The minimum Gasteiger partial charge on any atom is -0.346 e. The summed E-state index contributed by atoms with van der Waals surface area (Å²) in [6.07, 6.45) is 0. The fraction of sp³-hybridized carbons (Fsp3) is 0.312. The quantitative estimate of drug-likeness (QED) is 0.822. The second-order valence-electron chi connectivity index (χ2n) is 5.40. The summed E-state index contributed by atoms with van der Waals surface area (Å²) in [5.41, 5.74) is 0.711. The van der Waals surface area contributed by atoms with Gasteiger partial charge in [0.25, 0.3) is 0 Å². The zero-order chi connectivity index (χ0) is 16.2. The molecule has 2 aromatic rings. The van der Waals surface area contributed by atoms with Crippen molar-refractivity contribution < 1.29 is 4.39 Å². The third kappa shape index (κ3) is 4.41. The molecule has 2 heterocycles. The summed E-state index contributed by atoms with van der Waals surface area (Å²) in [5, 5.41) is 5.99. The van der Waals surface area contributed by atoms with Crippen LogP contribution in [-0.2, 0) is 6.54 Å². The fourth-order valence-electron chi connectivity index (χ4n) is 2.51. The first-order valence-electron chi connectivity index (χ1n) is 7.37. The molecule has 0 amide bonds. The molecule has 122 valence electrons. The summed E-state index contributed by atoms with van der Waals surface area (Å²) < 4.78 is 13.2. The molecule has 7 heteroatoms. The fourth-order valence-corrected chi connectivity index (χ4v) is 3.74. The maximum absolute atomic E-state index is 13.2. The molecule has 0 saturated carbocycles. The van der Waals surface area contributed by atoms with Gasteiger partial charge in [0, 0.05) is 43.3 Å². The van der Waals surface area contributed by atoms with Crippen LogP contribution >= 0.6 is 35.2 Å². The Bertz CT molecular complexity index is 670. The summed E-state index contributed by atoms with van der Waals surface area (Å²) in [7, 11) is 0. The zero-order valence-electron chi connectivity index (χ0n) is 12.5. The van der Waals surface area contributed by atoms with E-state index < -0.39 is 5.82 Å². The van der Waals surface area contributed by atoms with Crippen LogP contribution in [0.5, 0.6) is 0 Å². The van der Waals surface area contributed by atoms with Gasteiger partial charge in [0.1, 0.15) is 5.82 Å². The molecule has 0 aliphatic carbocycles. The van der Waals surface area contributed by atoms with Crippen LogP contribution < -0.4 is 5.32 Å². The van der Waals surface area contributed by atoms with E-state index in [2.05, 4.69) is 32.6 Å². The number of thiophene rings is 1. The Labute approximate surface area is 149 Å². The van der Waals surface area contributed by atoms with Crippen LogP contribution in [0.15, 0.2) is 35.7 Å². The molecule has 1 aromatic heterocycles. The summed E-state index contributed by atoms with van der Waals surface area (Å²) in [5.74, 6) is -0.426. The number of hydrogen-bond donors (Lipinski definition) is 1. The first-order chi connectivity index (χ1) is 11.1. The predicted octanol–water partition coefficient (Wildman–Crippen LogP) is 4.06. The Morgan fingerprint density at radius 1 is 1.26 bits per heavy atom. The van der Waals surface area contributed by atoms with Crippen LogP contribution in [0.3, 0.4) is 0 Å². The standard InChI is InChI=1S/C16H17ClFN3S2/c17-14-10-12(3-4-15(14)18)19-16(22)21-7-5-20(6-8-21)11-13-2-1-9-23-13/h1-4,9-10H,5-8,11H2,(H,19,22). The first kappa shape index (κ1) is 16.6. The summed E-state index contributed by atoms with van der Waals surface area (Å²) in [4.78, 5) is 5.96. The number of halogens is 2. The number of hydrogen-bond acceptors (Lipinski definition) is 3. The highest BCUT2D eigenvalue weighted by Crippen LogP contribution is 2.20. The number of benzene rings is 1. The van der Waals surface area contributed by atoms with Gasteiger partial charge in [-0.1, -0.05) is 17.7 Å². The predicted molar refractivity (Wildman–Crippen MR) is 98.8 cm³/mol. The van der Waals surface area contributed by atoms with Crippen molar-refractivity contribution in [1.29, 1.82) is 0 Å². The molecule has 1 N–H and O–H groups in total. The monoisotopic (exact) mass is 369 g/mol. The normalized spacial score (nSPS) is 15.7. The summed E-state index contributed by atoms with van der Waals surface area (Å²) in [6, 6.07) is 8.79. The summed E-state index contributed by atoms with van der Waals surface area (Å²) >= 11 is 13.0. The van der Waals surface area contributed by atoms with E-state index in [9.17, 15) is 4.39 Å². The van der Waals surface area contributed by atoms with Gasteiger partial charge in [0.2, 0.25) is 0 Å². The lowest BCUT2D eigenvalue weighted by molar-refractivity contribution is 0.178. The molecule has 0 spiro atoms. The van der Waals surface area contributed by atoms with Gasteiger partial charge in [-0.15, -0.1) is 11.3 Å². The van der Waals surface area contributed by atoms with E-state index in [0.29, 0.717) is 10.8 Å². The van der Waals surface area contributed by atoms with Crippen LogP contribution in [0.25, 0.3) is 0 Å². The second-order valence-corrected chi connectivity index (χ2v) is 7.23. The molecule has 3 rings (SSSR count). The maximum Gasteiger partial charge on any atom is 0.173 e. The van der Waals surface area contributed by atoms with Gasteiger partial charge in [-0.25, -0.2) is 4.39 Å². The van der Waals surface area contributed by atoms with E-state index in [1.807, 2.05) is 0 Å². The van der Waals surface area contributed by atoms with Crippen molar-refractivity contribution in [1.82, 2.24) is 9.80 Å². The Morgan fingerprint density at radius 2 is 2.04 bits per heavy atom.